The number of halogens is 1. The van der Waals surface area contributed by atoms with Crippen molar-refractivity contribution in [2.45, 2.75) is 12.3 Å². The summed E-state index contributed by atoms with van der Waals surface area (Å²) in [7, 11) is 0. The molecule has 24 heavy (non-hydrogen) atoms. The Bertz CT molecular complexity index is 750. The van der Waals surface area contributed by atoms with Gasteiger partial charge < -0.3 is 24.2 Å². The minimum absolute atomic E-state index is 0.195. The van der Waals surface area contributed by atoms with E-state index in [0.717, 1.165) is 12.1 Å². The van der Waals surface area contributed by atoms with Crippen LogP contribution in [0, 0.1) is 0 Å². The van der Waals surface area contributed by atoms with Gasteiger partial charge in [0.05, 0.1) is 16.4 Å². The van der Waals surface area contributed by atoms with Gasteiger partial charge in [-0.2, -0.15) is 0 Å². The molecule has 2 aliphatic rings. The van der Waals surface area contributed by atoms with E-state index in [-0.39, 0.29) is 11.9 Å². The molecule has 1 aromatic heterocycles. The lowest BCUT2D eigenvalue weighted by atomic mass is 10.1. The first-order chi connectivity index (χ1) is 11.7. The first kappa shape index (κ1) is 15.1. The predicted octanol–water partition coefficient (Wildman–Crippen LogP) is 3.12. The van der Waals surface area contributed by atoms with Gasteiger partial charge in [0.15, 0.2) is 11.5 Å². The molecule has 3 heterocycles. The first-order valence-electron chi connectivity index (χ1n) is 7.76. The molecule has 2 amide bonds. The van der Waals surface area contributed by atoms with Crippen LogP contribution >= 0.6 is 11.6 Å². The summed E-state index contributed by atoms with van der Waals surface area (Å²) in [6, 6.07) is 5.00. The number of carbonyl (C=O) groups is 1. The first-order valence-corrected chi connectivity index (χ1v) is 8.14. The largest absolute Gasteiger partial charge is 0.486 e. The summed E-state index contributed by atoms with van der Waals surface area (Å²) in [4.78, 5) is 14.2. The Morgan fingerprint density at radius 2 is 2.08 bits per heavy atom. The SMILES string of the molecule is O=C(Nc1cc2c(cc1Cl)OCCO2)N1CCC(c2ccon2)C1. The van der Waals surface area contributed by atoms with Crippen molar-refractivity contribution in [3.8, 4) is 11.5 Å². The number of hydrogen-bond acceptors (Lipinski definition) is 5. The van der Waals surface area contributed by atoms with Crippen molar-refractivity contribution in [1.29, 1.82) is 0 Å². The molecular formula is C16H16ClN3O4. The number of carbonyl (C=O) groups excluding carboxylic acids is 1. The molecule has 8 heteroatoms. The molecule has 4 rings (SSSR count). The minimum Gasteiger partial charge on any atom is -0.486 e. The number of fused-ring (bicyclic) bond motifs is 1. The number of aromatic nitrogens is 1. The van der Waals surface area contributed by atoms with Crippen LogP contribution in [0.15, 0.2) is 29.0 Å². The van der Waals surface area contributed by atoms with Crippen molar-refractivity contribution in [3.63, 3.8) is 0 Å². The third-order valence-electron chi connectivity index (χ3n) is 4.22. The Labute approximate surface area is 143 Å². The topological polar surface area (TPSA) is 76.8 Å². The van der Waals surface area contributed by atoms with Crippen molar-refractivity contribution in [1.82, 2.24) is 10.1 Å². The van der Waals surface area contributed by atoms with Crippen molar-refractivity contribution in [2.75, 3.05) is 31.6 Å². The molecule has 2 aromatic rings. The second-order valence-corrected chi connectivity index (χ2v) is 6.17. The Morgan fingerprint density at radius 1 is 1.29 bits per heavy atom. The summed E-state index contributed by atoms with van der Waals surface area (Å²) < 4.78 is 15.9. The van der Waals surface area contributed by atoms with E-state index in [4.69, 9.17) is 25.6 Å². The maximum absolute atomic E-state index is 12.5. The highest BCUT2D eigenvalue weighted by atomic mass is 35.5. The third-order valence-corrected chi connectivity index (χ3v) is 4.54. The van der Waals surface area contributed by atoms with Crippen molar-refractivity contribution in [2.24, 2.45) is 0 Å². The van der Waals surface area contributed by atoms with Gasteiger partial charge in [0.25, 0.3) is 0 Å². The van der Waals surface area contributed by atoms with Crippen LogP contribution in [0.25, 0.3) is 0 Å². The molecular weight excluding hydrogens is 334 g/mol. The monoisotopic (exact) mass is 349 g/mol. The van der Waals surface area contributed by atoms with E-state index in [1.54, 1.807) is 23.3 Å². The van der Waals surface area contributed by atoms with E-state index >= 15 is 0 Å². The molecule has 0 saturated carbocycles. The number of nitrogens with zero attached hydrogens (tertiary/aromatic N) is 2. The number of rotatable bonds is 2. The van der Waals surface area contributed by atoms with Gasteiger partial charge in [-0.1, -0.05) is 16.8 Å². The van der Waals surface area contributed by atoms with Gasteiger partial charge >= 0.3 is 6.03 Å². The van der Waals surface area contributed by atoms with Crippen LogP contribution in [0.1, 0.15) is 18.0 Å². The van der Waals surface area contributed by atoms with Crippen LogP contribution in [0.4, 0.5) is 10.5 Å². The number of benzene rings is 1. The summed E-state index contributed by atoms with van der Waals surface area (Å²) in [5, 5.41) is 7.21. The fourth-order valence-corrected chi connectivity index (χ4v) is 3.17. The second kappa shape index (κ2) is 6.24. The third kappa shape index (κ3) is 2.87. The van der Waals surface area contributed by atoms with Gasteiger partial charge in [-0.15, -0.1) is 0 Å². The van der Waals surface area contributed by atoms with E-state index in [1.165, 1.54) is 0 Å². The second-order valence-electron chi connectivity index (χ2n) is 5.76. The Balaban J connectivity index is 1.45. The fourth-order valence-electron chi connectivity index (χ4n) is 2.97. The summed E-state index contributed by atoms with van der Waals surface area (Å²) in [6.07, 6.45) is 2.40. The Morgan fingerprint density at radius 3 is 2.83 bits per heavy atom. The normalized spacial score (nSPS) is 19.4. The number of amides is 2. The van der Waals surface area contributed by atoms with Crippen molar-refractivity contribution >= 4 is 23.3 Å². The molecule has 1 saturated heterocycles. The quantitative estimate of drug-likeness (QED) is 0.901. The van der Waals surface area contributed by atoms with Crippen LogP contribution in [0.3, 0.4) is 0 Å². The summed E-state index contributed by atoms with van der Waals surface area (Å²) in [5.41, 5.74) is 1.39. The van der Waals surface area contributed by atoms with Crippen LogP contribution in [0.2, 0.25) is 5.02 Å². The minimum atomic E-state index is -0.195. The van der Waals surface area contributed by atoms with Gasteiger partial charge in [-0.25, -0.2) is 4.79 Å². The lowest BCUT2D eigenvalue weighted by Gasteiger charge is -2.21. The number of urea groups is 1. The molecule has 2 aliphatic heterocycles. The molecule has 0 spiro atoms. The van der Waals surface area contributed by atoms with Crippen LogP contribution in [-0.4, -0.2) is 42.4 Å². The average molecular weight is 350 g/mol. The molecule has 0 aliphatic carbocycles. The number of likely N-dealkylation sites (tertiary alicyclic amines) is 1. The fraction of sp³-hybridized carbons (Fsp3) is 0.375. The maximum atomic E-state index is 12.5. The van der Waals surface area contributed by atoms with Gasteiger partial charge in [-0.3, -0.25) is 0 Å². The molecule has 1 atom stereocenters. The zero-order valence-corrected chi connectivity index (χ0v) is 13.6. The summed E-state index contributed by atoms with van der Waals surface area (Å²) in [6.45, 7) is 2.23. The van der Waals surface area contributed by atoms with E-state index in [2.05, 4.69) is 10.5 Å². The molecule has 1 unspecified atom stereocenters. The van der Waals surface area contributed by atoms with Gasteiger partial charge in [-0.05, 0) is 6.42 Å². The molecule has 1 N–H and O–H groups in total. The van der Waals surface area contributed by atoms with Crippen molar-refractivity contribution in [3.05, 3.63) is 35.2 Å². The van der Waals surface area contributed by atoms with Gasteiger partial charge in [0.2, 0.25) is 0 Å². The predicted molar refractivity (Wildman–Crippen MR) is 86.9 cm³/mol. The lowest BCUT2D eigenvalue weighted by Crippen LogP contribution is -2.33. The highest BCUT2D eigenvalue weighted by Crippen LogP contribution is 2.38. The maximum Gasteiger partial charge on any atom is 0.321 e. The molecule has 1 fully saturated rings. The standard InChI is InChI=1S/C16H16ClN3O4/c17-11-7-14-15(23-6-5-22-14)8-13(11)18-16(21)20-3-1-10(9-20)12-2-4-24-19-12/h2,4,7-8,10H,1,3,5-6,9H2,(H,18,21). The van der Waals surface area contributed by atoms with Crippen LogP contribution < -0.4 is 14.8 Å². The highest BCUT2D eigenvalue weighted by Gasteiger charge is 2.29. The summed E-state index contributed by atoms with van der Waals surface area (Å²) in [5.74, 6) is 1.38. The summed E-state index contributed by atoms with van der Waals surface area (Å²) >= 11 is 6.23. The van der Waals surface area contributed by atoms with E-state index < -0.39 is 0 Å². The molecule has 1 aromatic carbocycles. The van der Waals surface area contributed by atoms with E-state index in [1.807, 2.05) is 6.07 Å². The Kier molecular flexibility index (Phi) is 3.93. The molecule has 126 valence electrons. The van der Waals surface area contributed by atoms with E-state index in [0.29, 0.717) is 48.5 Å². The Hall–Kier alpha value is -2.41. The zero-order chi connectivity index (χ0) is 16.5. The lowest BCUT2D eigenvalue weighted by molar-refractivity contribution is 0.171. The number of ether oxygens (including phenoxy) is 2. The molecule has 0 radical (unpaired) electrons. The zero-order valence-electron chi connectivity index (χ0n) is 12.8. The smallest absolute Gasteiger partial charge is 0.321 e. The van der Waals surface area contributed by atoms with Crippen LogP contribution in [-0.2, 0) is 0 Å². The number of anilines is 1. The van der Waals surface area contributed by atoms with Gasteiger partial charge in [0, 0.05) is 37.2 Å². The molecule has 0 bridgehead atoms. The van der Waals surface area contributed by atoms with Crippen molar-refractivity contribution < 1.29 is 18.8 Å². The highest BCUT2D eigenvalue weighted by molar-refractivity contribution is 6.34. The molecule has 7 nitrogen and oxygen atoms in total. The average Bonchev–Trinajstić information content (AvgIpc) is 3.26. The number of nitrogens with one attached hydrogen (secondary N) is 1. The van der Waals surface area contributed by atoms with Crippen LogP contribution in [0.5, 0.6) is 11.5 Å². The van der Waals surface area contributed by atoms with E-state index in [9.17, 15) is 4.79 Å². The van der Waals surface area contributed by atoms with Gasteiger partial charge in [0.1, 0.15) is 19.5 Å². The number of hydrogen-bond donors (Lipinski definition) is 1.